The highest BCUT2D eigenvalue weighted by Gasteiger charge is 2.00. The summed E-state index contributed by atoms with van der Waals surface area (Å²) in [6, 6.07) is 12.5. The Kier molecular flexibility index (Phi) is 5.04. The normalized spacial score (nSPS) is 10.6. The Morgan fingerprint density at radius 1 is 1.16 bits per heavy atom. The molecular weight excluding hydrogens is 236 g/mol. The molecule has 19 heavy (non-hydrogen) atoms. The molecule has 0 unspecified atom stereocenters. The van der Waals surface area contributed by atoms with Crippen LogP contribution in [-0.4, -0.2) is 11.7 Å². The third-order valence-corrected chi connectivity index (χ3v) is 3.16. The maximum Gasteiger partial charge on any atom is 0.119 e. The summed E-state index contributed by atoms with van der Waals surface area (Å²) >= 11 is 0. The summed E-state index contributed by atoms with van der Waals surface area (Å²) < 4.78 is 7.53. The van der Waals surface area contributed by atoms with Gasteiger partial charge in [-0.2, -0.15) is 0 Å². The van der Waals surface area contributed by atoms with Gasteiger partial charge in [0.25, 0.3) is 0 Å². The molecule has 0 saturated heterocycles. The molecule has 2 rings (SSSR count). The van der Waals surface area contributed by atoms with Gasteiger partial charge in [0.15, 0.2) is 0 Å². The highest BCUT2D eigenvalue weighted by molar-refractivity contribution is 5.28. The van der Waals surface area contributed by atoms with Gasteiger partial charge < -0.3 is 14.6 Å². The zero-order chi connectivity index (χ0) is 13.5. The zero-order valence-corrected chi connectivity index (χ0v) is 11.7. The van der Waals surface area contributed by atoms with Crippen molar-refractivity contribution >= 4 is 0 Å². The number of methoxy groups -OCH3 is 1. The van der Waals surface area contributed by atoms with E-state index in [4.69, 9.17) is 4.74 Å². The van der Waals surface area contributed by atoms with Crippen LogP contribution < -0.4 is 10.1 Å². The molecule has 1 heterocycles. The molecule has 0 spiro atoms. The van der Waals surface area contributed by atoms with E-state index < -0.39 is 0 Å². The lowest BCUT2D eigenvalue weighted by Gasteiger charge is -2.10. The van der Waals surface area contributed by atoms with Crippen LogP contribution in [0.5, 0.6) is 5.75 Å². The van der Waals surface area contributed by atoms with Gasteiger partial charge >= 0.3 is 0 Å². The number of benzene rings is 1. The minimum absolute atomic E-state index is 0.856. The number of aromatic nitrogens is 1. The van der Waals surface area contributed by atoms with E-state index in [1.54, 1.807) is 7.11 Å². The second-order valence-corrected chi connectivity index (χ2v) is 4.65. The van der Waals surface area contributed by atoms with Gasteiger partial charge in [0.1, 0.15) is 5.75 Å². The number of ether oxygens (including phenoxy) is 1. The van der Waals surface area contributed by atoms with E-state index in [9.17, 15) is 0 Å². The van der Waals surface area contributed by atoms with Gasteiger partial charge in [-0.3, -0.25) is 0 Å². The lowest BCUT2D eigenvalue weighted by atomic mass is 10.2. The van der Waals surface area contributed by atoms with Crippen LogP contribution in [-0.2, 0) is 19.6 Å². The quantitative estimate of drug-likeness (QED) is 0.825. The number of aryl methyl sites for hydroxylation is 1. The SMILES string of the molecule is CCCn1cccc1CNCc1cccc(OC)c1. The summed E-state index contributed by atoms with van der Waals surface area (Å²) in [5.74, 6) is 0.911. The van der Waals surface area contributed by atoms with E-state index >= 15 is 0 Å². The highest BCUT2D eigenvalue weighted by atomic mass is 16.5. The van der Waals surface area contributed by atoms with Gasteiger partial charge in [-0.1, -0.05) is 19.1 Å². The Morgan fingerprint density at radius 2 is 2.05 bits per heavy atom. The number of nitrogens with one attached hydrogen (secondary N) is 1. The van der Waals surface area contributed by atoms with Gasteiger partial charge in [0.2, 0.25) is 0 Å². The van der Waals surface area contributed by atoms with Crippen molar-refractivity contribution in [2.75, 3.05) is 7.11 Å². The van der Waals surface area contributed by atoms with Crippen LogP contribution in [0.25, 0.3) is 0 Å². The second kappa shape index (κ2) is 7.00. The average Bonchev–Trinajstić information content (AvgIpc) is 2.87. The highest BCUT2D eigenvalue weighted by Crippen LogP contribution is 2.12. The van der Waals surface area contributed by atoms with Crippen molar-refractivity contribution in [1.82, 2.24) is 9.88 Å². The zero-order valence-electron chi connectivity index (χ0n) is 11.7. The van der Waals surface area contributed by atoms with E-state index in [2.05, 4.69) is 47.3 Å². The van der Waals surface area contributed by atoms with Crippen LogP contribution in [0.4, 0.5) is 0 Å². The van der Waals surface area contributed by atoms with Crippen molar-refractivity contribution in [1.29, 1.82) is 0 Å². The third-order valence-electron chi connectivity index (χ3n) is 3.16. The predicted octanol–water partition coefficient (Wildman–Crippen LogP) is 3.20. The molecule has 0 atom stereocenters. The Morgan fingerprint density at radius 3 is 2.84 bits per heavy atom. The van der Waals surface area contributed by atoms with Gasteiger partial charge in [-0.15, -0.1) is 0 Å². The molecule has 0 amide bonds. The van der Waals surface area contributed by atoms with E-state index in [1.165, 1.54) is 11.3 Å². The molecular formula is C16H22N2O. The van der Waals surface area contributed by atoms with Crippen molar-refractivity contribution in [2.24, 2.45) is 0 Å². The van der Waals surface area contributed by atoms with Crippen molar-refractivity contribution in [3.63, 3.8) is 0 Å². The molecule has 1 aromatic heterocycles. The molecule has 1 N–H and O–H groups in total. The molecule has 0 aliphatic rings. The third kappa shape index (κ3) is 3.86. The Labute approximate surface area is 115 Å². The Balaban J connectivity index is 1.87. The fraction of sp³-hybridized carbons (Fsp3) is 0.375. The molecule has 0 aliphatic carbocycles. The summed E-state index contributed by atoms with van der Waals surface area (Å²) in [6.45, 7) is 5.04. The topological polar surface area (TPSA) is 26.2 Å². The van der Waals surface area contributed by atoms with Crippen LogP contribution in [0.2, 0.25) is 0 Å². The number of hydrogen-bond donors (Lipinski definition) is 1. The minimum Gasteiger partial charge on any atom is -0.497 e. The largest absolute Gasteiger partial charge is 0.497 e. The van der Waals surface area contributed by atoms with Crippen molar-refractivity contribution in [3.8, 4) is 5.75 Å². The molecule has 0 radical (unpaired) electrons. The van der Waals surface area contributed by atoms with E-state index in [0.717, 1.165) is 31.8 Å². The monoisotopic (exact) mass is 258 g/mol. The van der Waals surface area contributed by atoms with Crippen LogP contribution >= 0.6 is 0 Å². The smallest absolute Gasteiger partial charge is 0.119 e. The first-order valence-electron chi connectivity index (χ1n) is 6.81. The predicted molar refractivity (Wildman–Crippen MR) is 78.3 cm³/mol. The molecule has 0 bridgehead atoms. The van der Waals surface area contributed by atoms with Crippen molar-refractivity contribution in [2.45, 2.75) is 33.0 Å². The summed E-state index contributed by atoms with van der Waals surface area (Å²) in [5, 5.41) is 3.48. The van der Waals surface area contributed by atoms with E-state index in [-0.39, 0.29) is 0 Å². The first-order valence-corrected chi connectivity index (χ1v) is 6.81. The maximum atomic E-state index is 5.23. The fourth-order valence-corrected chi connectivity index (χ4v) is 2.19. The van der Waals surface area contributed by atoms with Crippen LogP contribution in [0.15, 0.2) is 42.6 Å². The summed E-state index contributed by atoms with van der Waals surface area (Å²) in [4.78, 5) is 0. The molecule has 3 nitrogen and oxygen atoms in total. The van der Waals surface area contributed by atoms with E-state index in [0.29, 0.717) is 0 Å². The second-order valence-electron chi connectivity index (χ2n) is 4.65. The number of hydrogen-bond acceptors (Lipinski definition) is 2. The fourth-order valence-electron chi connectivity index (χ4n) is 2.19. The Bertz CT molecular complexity index is 505. The molecule has 3 heteroatoms. The molecule has 0 aliphatic heterocycles. The molecule has 0 fully saturated rings. The molecule has 2 aromatic rings. The minimum atomic E-state index is 0.856. The summed E-state index contributed by atoms with van der Waals surface area (Å²) in [7, 11) is 1.70. The first-order chi connectivity index (χ1) is 9.33. The standard InChI is InChI=1S/C16H22N2O/c1-3-9-18-10-5-7-15(18)13-17-12-14-6-4-8-16(11-14)19-2/h4-8,10-11,17H,3,9,12-13H2,1-2H3. The number of nitrogens with zero attached hydrogens (tertiary/aromatic N) is 1. The van der Waals surface area contributed by atoms with Crippen LogP contribution in [0.1, 0.15) is 24.6 Å². The molecule has 102 valence electrons. The van der Waals surface area contributed by atoms with Crippen molar-refractivity contribution in [3.05, 3.63) is 53.9 Å². The average molecular weight is 258 g/mol. The van der Waals surface area contributed by atoms with Gasteiger partial charge in [-0.25, -0.2) is 0 Å². The van der Waals surface area contributed by atoms with E-state index in [1.807, 2.05) is 12.1 Å². The van der Waals surface area contributed by atoms with Crippen LogP contribution in [0, 0.1) is 0 Å². The lowest BCUT2D eigenvalue weighted by molar-refractivity contribution is 0.414. The number of rotatable bonds is 7. The van der Waals surface area contributed by atoms with Gasteiger partial charge in [0, 0.05) is 31.5 Å². The van der Waals surface area contributed by atoms with Crippen LogP contribution in [0.3, 0.4) is 0 Å². The summed E-state index contributed by atoms with van der Waals surface area (Å²) in [5.41, 5.74) is 2.58. The van der Waals surface area contributed by atoms with Gasteiger partial charge in [0.05, 0.1) is 7.11 Å². The molecule has 0 saturated carbocycles. The Hall–Kier alpha value is -1.74. The maximum absolute atomic E-state index is 5.23. The molecule has 1 aromatic carbocycles. The van der Waals surface area contributed by atoms with Gasteiger partial charge in [-0.05, 0) is 36.2 Å². The lowest BCUT2D eigenvalue weighted by Crippen LogP contribution is -2.15. The first kappa shape index (κ1) is 13.7. The van der Waals surface area contributed by atoms with Crippen molar-refractivity contribution < 1.29 is 4.74 Å². The summed E-state index contributed by atoms with van der Waals surface area (Å²) in [6.07, 6.45) is 3.31.